The summed E-state index contributed by atoms with van der Waals surface area (Å²) in [6.45, 7) is 1.48. The maximum atomic E-state index is 12.1. The van der Waals surface area contributed by atoms with Crippen molar-refractivity contribution in [3.63, 3.8) is 0 Å². The predicted octanol–water partition coefficient (Wildman–Crippen LogP) is 1.94. The molecule has 0 bridgehead atoms. The van der Waals surface area contributed by atoms with Gasteiger partial charge < -0.3 is 9.72 Å². The molecule has 1 aromatic carbocycles. The second-order valence-electron chi connectivity index (χ2n) is 3.98. The zero-order chi connectivity index (χ0) is 14.9. The number of rotatable bonds is 2. The van der Waals surface area contributed by atoms with Gasteiger partial charge in [-0.25, -0.2) is 4.79 Å². The van der Waals surface area contributed by atoms with Crippen LogP contribution in [0.2, 0.25) is 0 Å². The van der Waals surface area contributed by atoms with Gasteiger partial charge in [0.25, 0.3) is 5.56 Å². The van der Waals surface area contributed by atoms with Crippen molar-refractivity contribution in [1.82, 2.24) is 9.97 Å². The Kier molecular flexibility index (Phi) is 3.39. The Hall–Kier alpha value is -2.51. The van der Waals surface area contributed by atoms with E-state index in [1.165, 1.54) is 19.1 Å². The van der Waals surface area contributed by atoms with E-state index in [0.29, 0.717) is 0 Å². The van der Waals surface area contributed by atoms with Gasteiger partial charge in [-0.1, -0.05) is 12.1 Å². The second-order valence-corrected chi connectivity index (χ2v) is 3.98. The van der Waals surface area contributed by atoms with Gasteiger partial charge in [0.1, 0.15) is 5.75 Å². The third-order valence-electron chi connectivity index (χ3n) is 2.49. The van der Waals surface area contributed by atoms with Crippen LogP contribution in [-0.2, 0) is 0 Å². The SMILES string of the molecule is Cc1[nH]c(=O)[nH]c(=O)c1-c1cccc(OC(F)(F)F)c1. The number of ether oxygens (including phenoxy) is 1. The van der Waals surface area contributed by atoms with E-state index in [1.807, 2.05) is 4.98 Å². The highest BCUT2D eigenvalue weighted by molar-refractivity contribution is 5.66. The molecule has 0 amide bonds. The average Bonchev–Trinajstić information content (AvgIpc) is 2.25. The summed E-state index contributed by atoms with van der Waals surface area (Å²) in [5.41, 5.74) is -0.823. The minimum absolute atomic E-state index is 0.0808. The van der Waals surface area contributed by atoms with E-state index >= 15 is 0 Å². The van der Waals surface area contributed by atoms with E-state index in [9.17, 15) is 22.8 Å². The minimum Gasteiger partial charge on any atom is -0.406 e. The minimum atomic E-state index is -4.81. The van der Waals surface area contributed by atoms with E-state index in [0.717, 1.165) is 12.1 Å². The Morgan fingerprint density at radius 1 is 1.15 bits per heavy atom. The van der Waals surface area contributed by atoms with Crippen molar-refractivity contribution in [1.29, 1.82) is 0 Å². The summed E-state index contributed by atoms with van der Waals surface area (Å²) >= 11 is 0. The number of aryl methyl sites for hydroxylation is 1. The molecule has 106 valence electrons. The summed E-state index contributed by atoms with van der Waals surface area (Å²) in [5, 5.41) is 0. The summed E-state index contributed by atoms with van der Waals surface area (Å²) in [4.78, 5) is 27.2. The summed E-state index contributed by atoms with van der Waals surface area (Å²) in [6.07, 6.45) is -4.81. The number of H-pyrrole nitrogens is 2. The van der Waals surface area contributed by atoms with Crippen LogP contribution in [0.15, 0.2) is 33.9 Å². The Labute approximate surface area is 110 Å². The zero-order valence-electron chi connectivity index (χ0n) is 10.2. The van der Waals surface area contributed by atoms with Crippen molar-refractivity contribution >= 4 is 0 Å². The predicted molar refractivity (Wildman–Crippen MR) is 64.5 cm³/mol. The highest BCUT2D eigenvalue weighted by atomic mass is 19.4. The Morgan fingerprint density at radius 2 is 1.85 bits per heavy atom. The summed E-state index contributed by atoms with van der Waals surface area (Å²) in [5.74, 6) is -0.444. The molecule has 0 radical (unpaired) electrons. The Balaban J connectivity index is 2.52. The van der Waals surface area contributed by atoms with Crippen molar-refractivity contribution in [2.45, 2.75) is 13.3 Å². The number of aromatic nitrogens is 2. The lowest BCUT2D eigenvalue weighted by Gasteiger charge is -2.10. The fraction of sp³-hybridized carbons (Fsp3) is 0.167. The van der Waals surface area contributed by atoms with Crippen molar-refractivity contribution < 1.29 is 17.9 Å². The molecular formula is C12H9F3N2O3. The largest absolute Gasteiger partial charge is 0.573 e. The molecular weight excluding hydrogens is 277 g/mol. The van der Waals surface area contributed by atoms with Gasteiger partial charge in [0.2, 0.25) is 0 Å². The molecule has 2 rings (SSSR count). The number of alkyl halides is 3. The average molecular weight is 286 g/mol. The fourth-order valence-electron chi connectivity index (χ4n) is 1.80. The number of nitrogens with one attached hydrogen (secondary N) is 2. The first-order valence-corrected chi connectivity index (χ1v) is 5.45. The molecule has 5 nitrogen and oxygen atoms in total. The van der Waals surface area contributed by atoms with E-state index in [2.05, 4.69) is 9.72 Å². The highest BCUT2D eigenvalue weighted by Crippen LogP contribution is 2.27. The number of aromatic amines is 2. The van der Waals surface area contributed by atoms with Crippen molar-refractivity contribution in [3.05, 3.63) is 50.8 Å². The number of hydrogen-bond donors (Lipinski definition) is 2. The van der Waals surface area contributed by atoms with Gasteiger partial charge in [0, 0.05) is 5.69 Å². The lowest BCUT2D eigenvalue weighted by atomic mass is 10.1. The van der Waals surface area contributed by atoms with Gasteiger partial charge in [-0.15, -0.1) is 13.2 Å². The van der Waals surface area contributed by atoms with Crippen molar-refractivity contribution in [2.75, 3.05) is 0 Å². The molecule has 1 aromatic heterocycles. The number of halogens is 3. The maximum absolute atomic E-state index is 12.1. The van der Waals surface area contributed by atoms with E-state index in [4.69, 9.17) is 0 Å². The quantitative estimate of drug-likeness (QED) is 0.886. The van der Waals surface area contributed by atoms with Gasteiger partial charge in [0.15, 0.2) is 0 Å². The maximum Gasteiger partial charge on any atom is 0.573 e. The molecule has 1 heterocycles. The molecule has 0 atom stereocenters. The normalized spacial score (nSPS) is 11.4. The van der Waals surface area contributed by atoms with Crippen LogP contribution in [0.5, 0.6) is 5.75 Å². The van der Waals surface area contributed by atoms with Crippen LogP contribution in [0.3, 0.4) is 0 Å². The van der Waals surface area contributed by atoms with Crippen LogP contribution in [0, 0.1) is 6.92 Å². The van der Waals surface area contributed by atoms with Gasteiger partial charge in [-0.3, -0.25) is 9.78 Å². The smallest absolute Gasteiger partial charge is 0.406 e. The van der Waals surface area contributed by atoms with Crippen molar-refractivity contribution in [2.24, 2.45) is 0 Å². The van der Waals surface area contributed by atoms with Crippen molar-refractivity contribution in [3.8, 4) is 16.9 Å². The van der Waals surface area contributed by atoms with Gasteiger partial charge >= 0.3 is 12.1 Å². The number of hydrogen-bond acceptors (Lipinski definition) is 3. The van der Waals surface area contributed by atoms with Crippen LogP contribution in [0.1, 0.15) is 5.69 Å². The first kappa shape index (κ1) is 13.9. The van der Waals surface area contributed by atoms with Crippen LogP contribution in [0.4, 0.5) is 13.2 Å². The van der Waals surface area contributed by atoms with Gasteiger partial charge in [-0.05, 0) is 24.6 Å². The molecule has 2 aromatic rings. The van der Waals surface area contributed by atoms with E-state index < -0.39 is 23.4 Å². The third-order valence-corrected chi connectivity index (χ3v) is 2.49. The Morgan fingerprint density at radius 3 is 2.45 bits per heavy atom. The summed E-state index contributed by atoms with van der Waals surface area (Å²) in [7, 11) is 0. The molecule has 0 aliphatic carbocycles. The molecule has 0 spiro atoms. The standard InChI is InChI=1S/C12H9F3N2O3/c1-6-9(10(18)17-11(19)16-6)7-3-2-4-8(5-7)20-12(13,14)15/h2-5H,1H3,(H2,16,17,18,19). The molecule has 8 heteroatoms. The van der Waals surface area contributed by atoms with E-state index in [1.54, 1.807) is 0 Å². The highest BCUT2D eigenvalue weighted by Gasteiger charge is 2.31. The zero-order valence-corrected chi connectivity index (χ0v) is 10.2. The molecule has 2 N–H and O–H groups in total. The molecule has 0 unspecified atom stereocenters. The van der Waals surface area contributed by atoms with Crippen LogP contribution >= 0.6 is 0 Å². The summed E-state index contributed by atoms with van der Waals surface area (Å²) in [6, 6.07) is 4.95. The lowest BCUT2D eigenvalue weighted by Crippen LogP contribution is -2.25. The molecule has 0 saturated heterocycles. The first-order chi connectivity index (χ1) is 9.26. The van der Waals surface area contributed by atoms with Crippen LogP contribution < -0.4 is 16.0 Å². The van der Waals surface area contributed by atoms with E-state index in [-0.39, 0.29) is 16.8 Å². The van der Waals surface area contributed by atoms with Gasteiger partial charge in [0.05, 0.1) is 5.56 Å². The second kappa shape index (κ2) is 4.87. The lowest BCUT2D eigenvalue weighted by molar-refractivity contribution is -0.274. The third kappa shape index (κ3) is 3.08. The first-order valence-electron chi connectivity index (χ1n) is 5.45. The fourth-order valence-corrected chi connectivity index (χ4v) is 1.80. The molecule has 0 saturated carbocycles. The van der Waals surface area contributed by atoms with Crippen LogP contribution in [0.25, 0.3) is 11.1 Å². The topological polar surface area (TPSA) is 75.0 Å². The number of benzene rings is 1. The summed E-state index contributed by atoms with van der Waals surface area (Å²) < 4.78 is 40.2. The van der Waals surface area contributed by atoms with Crippen LogP contribution in [-0.4, -0.2) is 16.3 Å². The molecule has 0 aliphatic heterocycles. The van der Waals surface area contributed by atoms with Gasteiger partial charge in [-0.2, -0.15) is 0 Å². The Bertz CT molecular complexity index is 747. The molecule has 0 fully saturated rings. The molecule has 20 heavy (non-hydrogen) atoms. The monoisotopic (exact) mass is 286 g/mol. The molecule has 0 aliphatic rings.